The van der Waals surface area contributed by atoms with Crippen LogP contribution in [0.2, 0.25) is 5.15 Å². The Balaban J connectivity index is 2.01. The summed E-state index contributed by atoms with van der Waals surface area (Å²) in [5.74, 6) is 0.137. The third-order valence-corrected chi connectivity index (χ3v) is 3.86. The van der Waals surface area contributed by atoms with Gasteiger partial charge in [0.05, 0.1) is 12.2 Å². The van der Waals surface area contributed by atoms with Crippen molar-refractivity contribution in [1.29, 1.82) is 0 Å². The van der Waals surface area contributed by atoms with Crippen molar-refractivity contribution in [1.82, 2.24) is 15.0 Å². The summed E-state index contributed by atoms with van der Waals surface area (Å²) in [4.78, 5) is 24.1. The lowest BCUT2D eigenvalue weighted by Gasteiger charge is -2.21. The second kappa shape index (κ2) is 6.93. The molecule has 2 aromatic heterocycles. The van der Waals surface area contributed by atoms with Crippen molar-refractivity contribution in [3.05, 3.63) is 53.3 Å². The van der Waals surface area contributed by atoms with Crippen LogP contribution in [-0.4, -0.2) is 27.5 Å². The minimum atomic E-state index is -0.500. The molecule has 0 unspecified atom stereocenters. The van der Waals surface area contributed by atoms with E-state index in [0.717, 1.165) is 17.3 Å². The van der Waals surface area contributed by atoms with Crippen molar-refractivity contribution in [3.8, 4) is 0 Å². The Morgan fingerprint density at radius 2 is 2.09 bits per heavy atom. The van der Waals surface area contributed by atoms with Crippen LogP contribution >= 0.6 is 23.4 Å². The molecule has 0 N–H and O–H groups in total. The number of halogens is 2. The number of ether oxygens (including phenoxy) is 1. The van der Waals surface area contributed by atoms with E-state index in [0.29, 0.717) is 17.9 Å². The largest absolute Gasteiger partial charge is 0.493 e. The van der Waals surface area contributed by atoms with E-state index in [-0.39, 0.29) is 16.4 Å². The number of pyridine rings is 1. The molecule has 0 spiro atoms. The first kappa shape index (κ1) is 15.7. The van der Waals surface area contributed by atoms with E-state index >= 15 is 0 Å². The molecule has 0 saturated heterocycles. The standard InChI is InChI=1S/C15H12Cl2N4O2/c16-14-13(21(17)15(22)10-7-18-9-19-8-10)11(4-5-20-14)12-3-1-2-6-23-12/h3-5,7-9H,1-2,6H2. The maximum absolute atomic E-state index is 12.5. The highest BCUT2D eigenvalue weighted by atomic mass is 35.5. The number of carbonyl (C=O) groups excluding carboxylic acids is 1. The molecule has 3 heterocycles. The highest BCUT2D eigenvalue weighted by molar-refractivity contribution is 6.43. The zero-order chi connectivity index (χ0) is 16.2. The predicted molar refractivity (Wildman–Crippen MR) is 87.1 cm³/mol. The summed E-state index contributed by atoms with van der Waals surface area (Å²) in [5.41, 5.74) is 1.13. The number of aromatic nitrogens is 3. The van der Waals surface area contributed by atoms with Crippen LogP contribution in [0.4, 0.5) is 5.69 Å². The van der Waals surface area contributed by atoms with Gasteiger partial charge in [0.25, 0.3) is 5.91 Å². The molecule has 23 heavy (non-hydrogen) atoms. The van der Waals surface area contributed by atoms with Crippen LogP contribution < -0.4 is 4.42 Å². The van der Waals surface area contributed by atoms with E-state index in [2.05, 4.69) is 15.0 Å². The van der Waals surface area contributed by atoms with Crippen LogP contribution in [0, 0.1) is 0 Å². The Bertz CT molecular complexity index is 752. The summed E-state index contributed by atoms with van der Waals surface area (Å²) < 4.78 is 6.57. The van der Waals surface area contributed by atoms with Gasteiger partial charge in [0.15, 0.2) is 5.15 Å². The van der Waals surface area contributed by atoms with Gasteiger partial charge >= 0.3 is 0 Å². The molecule has 0 radical (unpaired) electrons. The normalized spacial score (nSPS) is 13.9. The van der Waals surface area contributed by atoms with E-state index in [1.54, 1.807) is 12.3 Å². The first-order valence-electron chi connectivity index (χ1n) is 6.91. The lowest BCUT2D eigenvalue weighted by atomic mass is 10.1. The summed E-state index contributed by atoms with van der Waals surface area (Å²) in [5, 5.41) is 0.109. The average molecular weight is 351 g/mol. The zero-order valence-electron chi connectivity index (χ0n) is 11.9. The fourth-order valence-corrected chi connectivity index (χ4v) is 2.74. The Morgan fingerprint density at radius 1 is 1.30 bits per heavy atom. The van der Waals surface area contributed by atoms with E-state index in [9.17, 15) is 4.79 Å². The molecule has 0 aliphatic carbocycles. The third kappa shape index (κ3) is 3.28. The molecule has 0 atom stereocenters. The molecule has 0 saturated carbocycles. The highest BCUT2D eigenvalue weighted by Gasteiger charge is 2.25. The smallest absolute Gasteiger partial charge is 0.276 e. The van der Waals surface area contributed by atoms with Crippen molar-refractivity contribution in [2.75, 3.05) is 11.0 Å². The molecule has 0 aromatic carbocycles. The molecule has 118 valence electrons. The number of anilines is 1. The van der Waals surface area contributed by atoms with E-state index in [4.69, 9.17) is 28.1 Å². The van der Waals surface area contributed by atoms with Gasteiger partial charge in [0.1, 0.15) is 17.8 Å². The molecule has 0 fully saturated rings. The van der Waals surface area contributed by atoms with Crippen molar-refractivity contribution in [3.63, 3.8) is 0 Å². The zero-order valence-corrected chi connectivity index (χ0v) is 13.5. The summed E-state index contributed by atoms with van der Waals surface area (Å²) in [6.07, 6.45) is 9.41. The maximum atomic E-state index is 12.5. The highest BCUT2D eigenvalue weighted by Crippen LogP contribution is 2.36. The van der Waals surface area contributed by atoms with Crippen LogP contribution in [0.1, 0.15) is 28.8 Å². The lowest BCUT2D eigenvalue weighted by molar-refractivity contribution is 0.100. The van der Waals surface area contributed by atoms with Crippen LogP contribution in [-0.2, 0) is 4.74 Å². The van der Waals surface area contributed by atoms with Gasteiger partial charge in [-0.3, -0.25) is 4.79 Å². The minimum absolute atomic E-state index is 0.109. The Hall–Kier alpha value is -2.18. The molecule has 8 heteroatoms. The van der Waals surface area contributed by atoms with Crippen molar-refractivity contribution >= 4 is 40.7 Å². The van der Waals surface area contributed by atoms with Gasteiger partial charge in [-0.25, -0.2) is 19.4 Å². The SMILES string of the molecule is O=C(c1cncnc1)N(Cl)c1c(C2=CCCCO2)ccnc1Cl. The van der Waals surface area contributed by atoms with Gasteiger partial charge in [-0.05, 0) is 25.0 Å². The first-order chi connectivity index (χ1) is 11.2. The molecule has 6 nitrogen and oxygen atoms in total. The fraction of sp³-hybridized carbons (Fsp3) is 0.200. The number of carbonyl (C=O) groups is 1. The Labute approximate surface area is 142 Å². The first-order valence-corrected chi connectivity index (χ1v) is 7.63. The number of hydrogen-bond acceptors (Lipinski definition) is 5. The van der Waals surface area contributed by atoms with Crippen LogP contribution in [0.25, 0.3) is 5.76 Å². The summed E-state index contributed by atoms with van der Waals surface area (Å²) in [6.45, 7) is 0.605. The van der Waals surface area contributed by atoms with Gasteiger partial charge in [-0.15, -0.1) is 0 Å². The van der Waals surface area contributed by atoms with Crippen molar-refractivity contribution < 1.29 is 9.53 Å². The molecule has 0 bridgehead atoms. The average Bonchev–Trinajstić information content (AvgIpc) is 2.62. The molecule has 2 aromatic rings. The van der Waals surface area contributed by atoms with Crippen LogP contribution in [0.5, 0.6) is 0 Å². The summed E-state index contributed by atoms with van der Waals surface area (Å²) in [7, 11) is 0. The second-order valence-electron chi connectivity index (χ2n) is 4.77. The number of allylic oxidation sites excluding steroid dienone is 1. The number of rotatable bonds is 3. The van der Waals surface area contributed by atoms with E-state index < -0.39 is 5.91 Å². The predicted octanol–water partition coefficient (Wildman–Crippen LogP) is 3.48. The van der Waals surface area contributed by atoms with Gasteiger partial charge in [0, 0.05) is 35.9 Å². The van der Waals surface area contributed by atoms with Crippen LogP contribution in [0.3, 0.4) is 0 Å². The topological polar surface area (TPSA) is 68.2 Å². The lowest BCUT2D eigenvalue weighted by Crippen LogP contribution is -2.23. The number of nitrogens with zero attached hydrogens (tertiary/aromatic N) is 4. The van der Waals surface area contributed by atoms with Crippen molar-refractivity contribution in [2.45, 2.75) is 12.8 Å². The van der Waals surface area contributed by atoms with Gasteiger partial charge in [0.2, 0.25) is 0 Å². The minimum Gasteiger partial charge on any atom is -0.493 e. The Kier molecular flexibility index (Phi) is 4.73. The van der Waals surface area contributed by atoms with E-state index in [1.165, 1.54) is 18.7 Å². The van der Waals surface area contributed by atoms with Crippen LogP contribution in [0.15, 0.2) is 37.1 Å². The fourth-order valence-electron chi connectivity index (χ4n) is 2.18. The third-order valence-electron chi connectivity index (χ3n) is 3.26. The summed E-state index contributed by atoms with van der Waals surface area (Å²) >= 11 is 12.4. The molecule has 3 rings (SSSR count). The van der Waals surface area contributed by atoms with Gasteiger partial charge in [-0.1, -0.05) is 11.6 Å². The Morgan fingerprint density at radius 3 is 2.78 bits per heavy atom. The maximum Gasteiger partial charge on any atom is 0.276 e. The van der Waals surface area contributed by atoms with Crippen molar-refractivity contribution in [2.24, 2.45) is 0 Å². The molecule has 1 amide bonds. The number of amides is 1. The molecule has 1 aliphatic rings. The monoisotopic (exact) mass is 350 g/mol. The quantitative estimate of drug-likeness (QED) is 0.626. The summed E-state index contributed by atoms with van der Waals surface area (Å²) in [6, 6.07) is 1.71. The molecule has 1 aliphatic heterocycles. The molecular weight excluding hydrogens is 339 g/mol. The number of hydrogen-bond donors (Lipinski definition) is 0. The van der Waals surface area contributed by atoms with Gasteiger partial charge in [-0.2, -0.15) is 0 Å². The molecular formula is C15H12Cl2N4O2. The van der Waals surface area contributed by atoms with Gasteiger partial charge < -0.3 is 4.74 Å². The van der Waals surface area contributed by atoms with E-state index in [1.807, 2.05) is 6.08 Å². The second-order valence-corrected chi connectivity index (χ2v) is 5.47.